The van der Waals surface area contributed by atoms with Crippen LogP contribution in [0.5, 0.6) is 0 Å². The lowest BCUT2D eigenvalue weighted by atomic mass is 10.0. The summed E-state index contributed by atoms with van der Waals surface area (Å²) in [6.07, 6.45) is 1.05. The standard InChI is InChI=1S/C20H22N4O2S2/c1-12(2)8-14-4-6-15(7-5-14)16-10-27-20(22-16)24-18(26)11-28-19-21-13(3)9-17(25)23-19/h4-7,9-10,12H,8,11H2,1-3H3,(H,21,23,25)(H,22,24,26). The van der Waals surface area contributed by atoms with E-state index >= 15 is 0 Å². The van der Waals surface area contributed by atoms with Crippen molar-refractivity contribution in [1.29, 1.82) is 0 Å². The quantitative estimate of drug-likeness (QED) is 0.448. The van der Waals surface area contributed by atoms with Gasteiger partial charge in [0.1, 0.15) is 0 Å². The Morgan fingerprint density at radius 1 is 1.25 bits per heavy atom. The number of aromatic amines is 1. The molecule has 146 valence electrons. The highest BCUT2D eigenvalue weighted by Crippen LogP contribution is 2.26. The molecule has 3 aromatic rings. The summed E-state index contributed by atoms with van der Waals surface area (Å²) in [5.41, 5.74) is 3.58. The van der Waals surface area contributed by atoms with Crippen molar-refractivity contribution >= 4 is 34.1 Å². The Morgan fingerprint density at radius 3 is 2.68 bits per heavy atom. The first-order chi connectivity index (χ1) is 13.4. The van der Waals surface area contributed by atoms with Gasteiger partial charge in [-0.2, -0.15) is 0 Å². The van der Waals surface area contributed by atoms with E-state index in [1.54, 1.807) is 6.92 Å². The van der Waals surface area contributed by atoms with E-state index in [4.69, 9.17) is 0 Å². The molecular weight excluding hydrogens is 392 g/mol. The number of thiazole rings is 1. The minimum atomic E-state index is -0.223. The van der Waals surface area contributed by atoms with E-state index in [9.17, 15) is 9.59 Å². The van der Waals surface area contributed by atoms with Crippen molar-refractivity contribution in [3.8, 4) is 11.3 Å². The Labute approximate surface area is 171 Å². The van der Waals surface area contributed by atoms with Crippen LogP contribution in [0, 0.1) is 12.8 Å². The van der Waals surface area contributed by atoms with Crippen LogP contribution in [0.2, 0.25) is 0 Å². The maximum atomic E-state index is 12.2. The number of hydrogen-bond acceptors (Lipinski definition) is 6. The van der Waals surface area contributed by atoms with Crippen LogP contribution in [-0.2, 0) is 11.2 Å². The van der Waals surface area contributed by atoms with Crippen LogP contribution in [0.3, 0.4) is 0 Å². The van der Waals surface area contributed by atoms with Crippen molar-refractivity contribution in [2.45, 2.75) is 32.3 Å². The third kappa shape index (κ3) is 5.77. The average Bonchev–Trinajstić information content (AvgIpc) is 3.08. The molecule has 0 fully saturated rings. The molecule has 1 aromatic carbocycles. The van der Waals surface area contributed by atoms with E-state index < -0.39 is 0 Å². The number of H-pyrrole nitrogens is 1. The van der Waals surface area contributed by atoms with Gasteiger partial charge < -0.3 is 10.3 Å². The fourth-order valence-electron chi connectivity index (χ4n) is 2.66. The van der Waals surface area contributed by atoms with Gasteiger partial charge in [0.05, 0.1) is 11.4 Å². The van der Waals surface area contributed by atoms with Gasteiger partial charge in [0.2, 0.25) is 5.91 Å². The Morgan fingerprint density at radius 2 is 2.00 bits per heavy atom. The van der Waals surface area contributed by atoms with E-state index in [1.807, 2.05) is 5.38 Å². The second kappa shape index (κ2) is 9.16. The molecule has 0 aliphatic rings. The van der Waals surface area contributed by atoms with Crippen molar-refractivity contribution in [3.63, 3.8) is 0 Å². The van der Waals surface area contributed by atoms with Crippen LogP contribution in [0.25, 0.3) is 11.3 Å². The number of nitrogens with zero attached hydrogens (tertiary/aromatic N) is 2. The number of carbonyl (C=O) groups is 1. The predicted molar refractivity (Wildman–Crippen MR) is 115 cm³/mol. The molecule has 0 saturated carbocycles. The largest absolute Gasteiger partial charge is 0.301 e. The summed E-state index contributed by atoms with van der Waals surface area (Å²) < 4.78 is 0. The summed E-state index contributed by atoms with van der Waals surface area (Å²) >= 11 is 2.57. The Hall–Kier alpha value is -2.45. The third-order valence-electron chi connectivity index (χ3n) is 3.83. The van der Waals surface area contributed by atoms with E-state index in [2.05, 4.69) is 58.4 Å². The van der Waals surface area contributed by atoms with Crippen molar-refractivity contribution in [2.75, 3.05) is 11.1 Å². The normalized spacial score (nSPS) is 11.0. The van der Waals surface area contributed by atoms with Gasteiger partial charge in [0.15, 0.2) is 10.3 Å². The molecule has 3 rings (SSSR count). The number of carbonyl (C=O) groups excluding carboxylic acids is 1. The first kappa shape index (κ1) is 20.3. The van der Waals surface area contributed by atoms with Gasteiger partial charge in [0, 0.05) is 22.7 Å². The summed E-state index contributed by atoms with van der Waals surface area (Å²) in [4.78, 5) is 34.9. The number of rotatable bonds is 7. The number of nitrogens with one attached hydrogen (secondary N) is 2. The topological polar surface area (TPSA) is 87.7 Å². The Bertz CT molecular complexity index is 1010. The molecule has 0 unspecified atom stereocenters. The number of anilines is 1. The zero-order chi connectivity index (χ0) is 20.1. The third-order valence-corrected chi connectivity index (χ3v) is 5.46. The highest BCUT2D eigenvalue weighted by molar-refractivity contribution is 7.99. The Kier molecular flexibility index (Phi) is 6.64. The molecule has 6 nitrogen and oxygen atoms in total. The van der Waals surface area contributed by atoms with Gasteiger partial charge in [0.25, 0.3) is 5.56 Å². The molecule has 0 spiro atoms. The van der Waals surface area contributed by atoms with Crippen LogP contribution in [0.4, 0.5) is 5.13 Å². The fourth-order valence-corrected chi connectivity index (χ4v) is 4.11. The molecule has 0 radical (unpaired) electrons. The highest BCUT2D eigenvalue weighted by Gasteiger charge is 2.10. The number of thioether (sulfide) groups is 1. The zero-order valence-corrected chi connectivity index (χ0v) is 17.6. The number of amides is 1. The summed E-state index contributed by atoms with van der Waals surface area (Å²) in [5.74, 6) is 0.575. The molecule has 0 saturated heterocycles. The highest BCUT2D eigenvalue weighted by atomic mass is 32.2. The fraction of sp³-hybridized carbons (Fsp3) is 0.300. The number of benzene rings is 1. The lowest BCUT2D eigenvalue weighted by molar-refractivity contribution is -0.113. The first-order valence-corrected chi connectivity index (χ1v) is 10.8. The number of hydrogen-bond donors (Lipinski definition) is 2. The van der Waals surface area contributed by atoms with E-state index in [0.29, 0.717) is 21.9 Å². The lowest BCUT2D eigenvalue weighted by Crippen LogP contribution is -2.15. The van der Waals surface area contributed by atoms with Crippen LogP contribution < -0.4 is 10.9 Å². The van der Waals surface area contributed by atoms with Crippen molar-refractivity contribution in [2.24, 2.45) is 5.92 Å². The summed E-state index contributed by atoms with van der Waals surface area (Å²) in [6, 6.07) is 9.79. The van der Waals surface area contributed by atoms with Gasteiger partial charge in [-0.1, -0.05) is 49.9 Å². The van der Waals surface area contributed by atoms with Gasteiger partial charge >= 0.3 is 0 Å². The average molecular weight is 415 g/mol. The van der Waals surface area contributed by atoms with Gasteiger partial charge in [-0.05, 0) is 24.8 Å². The zero-order valence-electron chi connectivity index (χ0n) is 16.0. The smallest absolute Gasteiger partial charge is 0.251 e. The molecule has 2 aromatic heterocycles. The molecule has 8 heteroatoms. The second-order valence-corrected chi connectivity index (χ2v) is 8.68. The van der Waals surface area contributed by atoms with E-state index in [1.165, 1.54) is 34.7 Å². The van der Waals surface area contributed by atoms with Gasteiger partial charge in [-0.25, -0.2) is 9.97 Å². The first-order valence-electron chi connectivity index (χ1n) is 8.94. The van der Waals surface area contributed by atoms with Crippen molar-refractivity contribution in [3.05, 3.63) is 57.3 Å². The second-order valence-electron chi connectivity index (χ2n) is 6.86. The SMILES string of the molecule is Cc1cc(=O)[nH]c(SCC(=O)Nc2nc(-c3ccc(CC(C)C)cc3)cs2)n1. The summed E-state index contributed by atoms with van der Waals surface area (Å²) in [6.45, 7) is 6.15. The molecule has 1 amide bonds. The molecular formula is C20H22N4O2S2. The van der Waals surface area contributed by atoms with E-state index in [-0.39, 0.29) is 17.2 Å². The van der Waals surface area contributed by atoms with Gasteiger partial charge in [-0.15, -0.1) is 11.3 Å². The van der Waals surface area contributed by atoms with Crippen LogP contribution in [-0.4, -0.2) is 26.6 Å². The van der Waals surface area contributed by atoms with Crippen molar-refractivity contribution in [1.82, 2.24) is 15.0 Å². The van der Waals surface area contributed by atoms with E-state index in [0.717, 1.165) is 17.7 Å². The molecule has 0 aliphatic heterocycles. The monoisotopic (exact) mass is 414 g/mol. The minimum absolute atomic E-state index is 0.144. The maximum absolute atomic E-state index is 12.2. The lowest BCUT2D eigenvalue weighted by Gasteiger charge is -2.05. The molecule has 2 heterocycles. The molecule has 2 N–H and O–H groups in total. The maximum Gasteiger partial charge on any atom is 0.251 e. The van der Waals surface area contributed by atoms with Crippen LogP contribution in [0.1, 0.15) is 25.1 Å². The molecule has 0 bridgehead atoms. The summed E-state index contributed by atoms with van der Waals surface area (Å²) in [7, 11) is 0. The number of aromatic nitrogens is 3. The molecule has 0 aliphatic carbocycles. The Balaban J connectivity index is 1.57. The van der Waals surface area contributed by atoms with Gasteiger partial charge in [-0.3, -0.25) is 9.59 Å². The minimum Gasteiger partial charge on any atom is -0.301 e. The predicted octanol–water partition coefficient (Wildman–Crippen LogP) is 4.13. The molecule has 28 heavy (non-hydrogen) atoms. The number of aryl methyl sites for hydroxylation is 1. The van der Waals surface area contributed by atoms with Crippen LogP contribution >= 0.6 is 23.1 Å². The summed E-state index contributed by atoms with van der Waals surface area (Å²) in [5, 5.41) is 5.71. The molecule has 0 atom stereocenters. The van der Waals surface area contributed by atoms with Crippen molar-refractivity contribution < 1.29 is 4.79 Å². The van der Waals surface area contributed by atoms with Crippen LogP contribution in [0.15, 0.2) is 45.7 Å².